The molecule has 18 heteroatoms. The van der Waals surface area contributed by atoms with Crippen molar-refractivity contribution in [1.82, 2.24) is 5.32 Å². The van der Waals surface area contributed by atoms with E-state index in [1.54, 1.807) is 0 Å². The van der Waals surface area contributed by atoms with E-state index in [9.17, 15) is 45.6 Å². The van der Waals surface area contributed by atoms with Gasteiger partial charge in [-0.1, -0.05) is 0 Å². The van der Waals surface area contributed by atoms with Crippen molar-refractivity contribution in [3.8, 4) is 0 Å². The molecule has 2 aliphatic carbocycles. The number of rotatable bonds is 13. The van der Waals surface area contributed by atoms with E-state index in [4.69, 9.17) is 41.9 Å². The lowest BCUT2D eigenvalue weighted by Gasteiger charge is -2.49. The highest BCUT2D eigenvalue weighted by molar-refractivity contribution is 5.88. The van der Waals surface area contributed by atoms with Crippen molar-refractivity contribution in [2.24, 2.45) is 28.9 Å². The van der Waals surface area contributed by atoms with Crippen molar-refractivity contribution in [1.29, 1.82) is 0 Å². The van der Waals surface area contributed by atoms with E-state index >= 15 is 0 Å². The number of hydrogen-bond donors (Lipinski definition) is 13. The maximum absolute atomic E-state index is 13.1. The van der Waals surface area contributed by atoms with Crippen LogP contribution in [-0.2, 0) is 23.7 Å². The molecule has 0 aromatic heterocycles. The standard InChI is InChI=1S/C27H51N5O13/c28-2-1-3-32-8-13-18(36)20(38)21(39)26(42-13)45-24-12(30)4-10(5-15(34)27(41)6-11(29)7-27)23(22(24)40)44-25-19(37)16(31)17(35)14(9-33)43-25/h10-14,16-26,32-33,35-41H,1-9,28-31H2/t10-,11?,12-,13+,14+,16-,17+,18+,19+,20-,21+,22+,23-,24?,25+,26+,27?/m0/s1. The molecule has 0 aromatic carbocycles. The largest absolute Gasteiger partial charge is 0.394 e. The van der Waals surface area contributed by atoms with Crippen molar-refractivity contribution >= 4 is 5.78 Å². The van der Waals surface area contributed by atoms with Crippen LogP contribution < -0.4 is 28.3 Å². The Bertz CT molecular complexity index is 964. The summed E-state index contributed by atoms with van der Waals surface area (Å²) in [6, 6.07) is -2.61. The van der Waals surface area contributed by atoms with E-state index in [1.165, 1.54) is 0 Å². The van der Waals surface area contributed by atoms with Gasteiger partial charge in [0.1, 0.15) is 60.5 Å². The van der Waals surface area contributed by atoms with Crippen molar-refractivity contribution in [3.05, 3.63) is 0 Å². The summed E-state index contributed by atoms with van der Waals surface area (Å²) in [6.07, 6.45) is -17.1. The monoisotopic (exact) mass is 653 g/mol. The zero-order chi connectivity index (χ0) is 33.2. The number of nitrogens with one attached hydrogen (secondary N) is 1. The highest BCUT2D eigenvalue weighted by atomic mass is 16.7. The Morgan fingerprint density at radius 3 is 2.09 bits per heavy atom. The minimum absolute atomic E-state index is 0.0146. The maximum Gasteiger partial charge on any atom is 0.187 e. The van der Waals surface area contributed by atoms with E-state index < -0.39 is 110 Å². The summed E-state index contributed by atoms with van der Waals surface area (Å²) in [5.74, 6) is -1.39. The molecule has 4 fully saturated rings. The third-order valence-electron chi connectivity index (χ3n) is 9.39. The Hall–Kier alpha value is -1.01. The van der Waals surface area contributed by atoms with Gasteiger partial charge >= 0.3 is 0 Å². The fraction of sp³-hybridized carbons (Fsp3) is 0.963. The van der Waals surface area contributed by atoms with Crippen molar-refractivity contribution in [2.45, 2.75) is 129 Å². The molecule has 2 saturated heterocycles. The molecule has 4 aliphatic rings. The summed E-state index contributed by atoms with van der Waals surface area (Å²) in [7, 11) is 0. The number of carbonyl (C=O) groups is 1. The van der Waals surface area contributed by atoms with Gasteiger partial charge in [-0.05, 0) is 44.7 Å². The van der Waals surface area contributed by atoms with Crippen LogP contribution in [0.1, 0.15) is 32.1 Å². The summed E-state index contributed by atoms with van der Waals surface area (Å²) in [6.45, 7) is 0.367. The number of aliphatic hydroxyl groups excluding tert-OH is 7. The third kappa shape index (κ3) is 8.01. The molecule has 4 rings (SSSR count). The van der Waals surface area contributed by atoms with Gasteiger partial charge in [0.25, 0.3) is 0 Å². The molecule has 262 valence electrons. The van der Waals surface area contributed by atoms with Gasteiger partial charge in [-0.3, -0.25) is 4.79 Å². The summed E-state index contributed by atoms with van der Waals surface area (Å²) in [5.41, 5.74) is 22.0. The normalized spacial score (nSPS) is 49.0. The molecule has 45 heavy (non-hydrogen) atoms. The predicted octanol–water partition coefficient (Wildman–Crippen LogP) is -7.21. The Morgan fingerprint density at radius 2 is 1.47 bits per heavy atom. The zero-order valence-corrected chi connectivity index (χ0v) is 25.0. The first kappa shape index (κ1) is 36.8. The number of nitrogens with two attached hydrogens (primary N) is 4. The number of aliphatic hydroxyl groups is 8. The van der Waals surface area contributed by atoms with E-state index in [0.29, 0.717) is 19.5 Å². The van der Waals surface area contributed by atoms with Crippen LogP contribution in [0.5, 0.6) is 0 Å². The van der Waals surface area contributed by atoms with Crippen molar-refractivity contribution in [3.63, 3.8) is 0 Å². The summed E-state index contributed by atoms with van der Waals surface area (Å²) in [5, 5.41) is 87.6. The lowest BCUT2D eigenvalue weighted by molar-refractivity contribution is -0.335. The predicted molar refractivity (Wildman–Crippen MR) is 153 cm³/mol. The van der Waals surface area contributed by atoms with Gasteiger partial charge in [0, 0.05) is 25.0 Å². The molecule has 0 aromatic rings. The molecule has 2 saturated carbocycles. The third-order valence-corrected chi connectivity index (χ3v) is 9.39. The van der Waals surface area contributed by atoms with E-state index in [1.807, 2.05) is 0 Å². The van der Waals surface area contributed by atoms with Crippen LogP contribution in [0, 0.1) is 5.92 Å². The zero-order valence-electron chi connectivity index (χ0n) is 25.0. The molecular weight excluding hydrogens is 602 g/mol. The molecule has 17 N–H and O–H groups in total. The molecule has 2 aliphatic heterocycles. The van der Waals surface area contributed by atoms with Gasteiger partial charge in [-0.15, -0.1) is 0 Å². The van der Waals surface area contributed by atoms with Gasteiger partial charge < -0.3 is 88.1 Å². The first-order valence-corrected chi connectivity index (χ1v) is 15.5. The fourth-order valence-corrected chi connectivity index (χ4v) is 6.58. The summed E-state index contributed by atoms with van der Waals surface area (Å²) in [4.78, 5) is 13.1. The molecule has 0 amide bonds. The van der Waals surface area contributed by atoms with E-state index in [-0.39, 0.29) is 38.3 Å². The second-order valence-corrected chi connectivity index (χ2v) is 12.8. The molecule has 0 bridgehead atoms. The average Bonchev–Trinajstić information content (AvgIpc) is 2.99. The Labute approximate surface area is 260 Å². The first-order chi connectivity index (χ1) is 21.2. The van der Waals surface area contributed by atoms with Gasteiger partial charge in [-0.25, -0.2) is 0 Å². The van der Waals surface area contributed by atoms with Crippen molar-refractivity contribution in [2.75, 3.05) is 26.2 Å². The molecule has 18 nitrogen and oxygen atoms in total. The van der Waals surface area contributed by atoms with E-state index in [0.717, 1.165) is 0 Å². The maximum atomic E-state index is 13.1. The smallest absolute Gasteiger partial charge is 0.187 e. The minimum Gasteiger partial charge on any atom is -0.394 e. The topological polar surface area (TPSA) is 332 Å². The van der Waals surface area contributed by atoms with Crippen LogP contribution in [-0.4, -0.2) is 170 Å². The number of ether oxygens (including phenoxy) is 4. The van der Waals surface area contributed by atoms with Crippen LogP contribution in [0.2, 0.25) is 0 Å². The highest BCUT2D eigenvalue weighted by Gasteiger charge is 2.54. The molecule has 0 spiro atoms. The first-order valence-electron chi connectivity index (χ1n) is 15.5. The number of ketones is 1. The lowest BCUT2D eigenvalue weighted by Crippen LogP contribution is -2.67. The van der Waals surface area contributed by atoms with Crippen molar-refractivity contribution < 1.29 is 64.6 Å². The second-order valence-electron chi connectivity index (χ2n) is 12.8. The molecule has 2 heterocycles. The molecule has 1 unspecified atom stereocenters. The Kier molecular flexibility index (Phi) is 12.7. The van der Waals surface area contributed by atoms with Crippen LogP contribution >= 0.6 is 0 Å². The number of carbonyl (C=O) groups excluding carboxylic acids is 1. The van der Waals surface area contributed by atoms with Crippen LogP contribution in [0.3, 0.4) is 0 Å². The molecular formula is C27H51N5O13. The number of hydrogen-bond acceptors (Lipinski definition) is 18. The molecule has 15 atom stereocenters. The van der Waals surface area contributed by atoms with Gasteiger partial charge in [0.2, 0.25) is 0 Å². The average molecular weight is 654 g/mol. The molecule has 0 radical (unpaired) electrons. The SMILES string of the molecule is NCCCNC[C@H]1O[C@H](OC2[C@@H](N)C[C@@H](CC(=O)C3(O)CC(N)C3)[C@H](O[C@H]3O[C@H](CO)[C@@H](O)[C@H](N)[C@H]3O)[C@H]2O)[C@H](O)[C@@H](O)[C@@H]1O. The van der Waals surface area contributed by atoms with Gasteiger partial charge in [0.15, 0.2) is 18.4 Å². The van der Waals surface area contributed by atoms with Crippen LogP contribution in [0.15, 0.2) is 0 Å². The van der Waals surface area contributed by atoms with E-state index in [2.05, 4.69) is 5.32 Å². The summed E-state index contributed by atoms with van der Waals surface area (Å²) < 4.78 is 23.3. The Morgan fingerprint density at radius 1 is 0.844 bits per heavy atom. The van der Waals surface area contributed by atoms with Gasteiger partial charge in [-0.2, -0.15) is 0 Å². The van der Waals surface area contributed by atoms with Crippen LogP contribution in [0.25, 0.3) is 0 Å². The van der Waals surface area contributed by atoms with Crippen LogP contribution in [0.4, 0.5) is 0 Å². The lowest BCUT2D eigenvalue weighted by atomic mass is 9.69. The summed E-state index contributed by atoms with van der Waals surface area (Å²) >= 11 is 0. The quantitative estimate of drug-likeness (QED) is 0.0821. The minimum atomic E-state index is -1.73. The Balaban J connectivity index is 1.53. The van der Waals surface area contributed by atoms with Gasteiger partial charge in [0.05, 0.1) is 18.8 Å². The highest BCUT2D eigenvalue weighted by Crippen LogP contribution is 2.39. The second kappa shape index (κ2) is 15.5. The fourth-order valence-electron chi connectivity index (χ4n) is 6.58. The number of Topliss-reactive ketones (excluding diaryl/α,β-unsaturated/α-hetero) is 1.